The number of amides is 1. The van der Waals surface area contributed by atoms with Crippen LogP contribution in [-0.2, 0) is 11.2 Å². The zero-order chi connectivity index (χ0) is 17.3. The maximum atomic E-state index is 13.5. The number of anilines is 1. The summed E-state index contributed by atoms with van der Waals surface area (Å²) >= 11 is 8.99. The monoisotopic (exact) mass is 413 g/mol. The molecule has 0 aliphatic rings. The fourth-order valence-electron chi connectivity index (χ4n) is 1.75. The van der Waals surface area contributed by atoms with Crippen molar-refractivity contribution in [2.24, 2.45) is 0 Å². The van der Waals surface area contributed by atoms with Gasteiger partial charge in [0.15, 0.2) is 23.3 Å². The summed E-state index contributed by atoms with van der Waals surface area (Å²) in [5, 5.41) is 2.36. The lowest BCUT2D eigenvalue weighted by atomic mass is 10.1. The Bertz CT molecular complexity index is 770. The minimum absolute atomic E-state index is 0.128. The Morgan fingerprint density at radius 1 is 1.00 bits per heavy atom. The van der Waals surface area contributed by atoms with Gasteiger partial charge in [-0.15, -0.1) is 0 Å². The Morgan fingerprint density at radius 3 is 2.04 bits per heavy atom. The zero-order valence-corrected chi connectivity index (χ0v) is 13.3. The Hall–Kier alpha value is -1.67. The van der Waals surface area contributed by atoms with Crippen molar-refractivity contribution < 1.29 is 26.7 Å². The van der Waals surface area contributed by atoms with Crippen LogP contribution in [0.2, 0.25) is 5.02 Å². The molecule has 2 rings (SSSR count). The molecule has 1 N–H and O–H groups in total. The van der Waals surface area contributed by atoms with Gasteiger partial charge >= 0.3 is 0 Å². The van der Waals surface area contributed by atoms with E-state index in [1.165, 1.54) is 12.1 Å². The molecule has 0 saturated carbocycles. The number of hydrogen-bond donors (Lipinski definition) is 1. The molecule has 0 atom stereocenters. The molecule has 0 spiro atoms. The summed E-state index contributed by atoms with van der Waals surface area (Å²) in [5.74, 6) is -11.6. The average molecular weight is 415 g/mol. The van der Waals surface area contributed by atoms with Crippen LogP contribution in [0.15, 0.2) is 22.7 Å². The van der Waals surface area contributed by atoms with Crippen LogP contribution >= 0.6 is 27.5 Å². The van der Waals surface area contributed by atoms with E-state index in [1.54, 1.807) is 6.07 Å². The van der Waals surface area contributed by atoms with Gasteiger partial charge in [0.25, 0.3) is 0 Å². The third kappa shape index (κ3) is 3.64. The number of nitrogens with one attached hydrogen (secondary N) is 1. The Morgan fingerprint density at radius 2 is 1.52 bits per heavy atom. The average Bonchev–Trinajstić information content (AvgIpc) is 2.50. The summed E-state index contributed by atoms with van der Waals surface area (Å²) in [6.07, 6.45) is -1.04. The van der Waals surface area contributed by atoms with Crippen molar-refractivity contribution in [1.82, 2.24) is 0 Å². The number of carbonyl (C=O) groups is 1. The fourth-order valence-corrected chi connectivity index (χ4v) is 2.47. The third-order valence-electron chi connectivity index (χ3n) is 2.84. The van der Waals surface area contributed by atoms with E-state index in [9.17, 15) is 26.7 Å². The molecular formula is C14H6BrClF5NO. The Labute approximate surface area is 140 Å². The molecule has 9 heteroatoms. The summed E-state index contributed by atoms with van der Waals surface area (Å²) in [4.78, 5) is 11.8. The minimum atomic E-state index is -2.28. The lowest BCUT2D eigenvalue weighted by molar-refractivity contribution is -0.115. The van der Waals surface area contributed by atoms with Crippen molar-refractivity contribution in [2.75, 3.05) is 5.32 Å². The maximum absolute atomic E-state index is 13.5. The zero-order valence-electron chi connectivity index (χ0n) is 11.0. The van der Waals surface area contributed by atoms with Crippen molar-refractivity contribution in [2.45, 2.75) is 6.42 Å². The Kier molecular flexibility index (Phi) is 5.26. The van der Waals surface area contributed by atoms with Gasteiger partial charge in [-0.1, -0.05) is 27.5 Å². The second kappa shape index (κ2) is 6.84. The van der Waals surface area contributed by atoms with E-state index in [2.05, 4.69) is 21.2 Å². The van der Waals surface area contributed by atoms with Crippen molar-refractivity contribution in [3.63, 3.8) is 0 Å². The lowest BCUT2D eigenvalue weighted by Gasteiger charge is -2.10. The van der Waals surface area contributed by atoms with E-state index in [-0.39, 0.29) is 10.7 Å². The molecule has 0 heterocycles. The van der Waals surface area contributed by atoms with Gasteiger partial charge in [-0.05, 0) is 18.2 Å². The number of rotatable bonds is 3. The SMILES string of the molecule is O=C(Cc1c(F)c(F)c(F)c(F)c1F)Nc1ccc(Br)cc1Cl. The largest absolute Gasteiger partial charge is 0.324 e. The summed E-state index contributed by atoms with van der Waals surface area (Å²) < 4.78 is 66.7. The van der Waals surface area contributed by atoms with Gasteiger partial charge in [0.1, 0.15) is 0 Å². The second-order valence-electron chi connectivity index (χ2n) is 4.40. The van der Waals surface area contributed by atoms with Gasteiger partial charge < -0.3 is 5.32 Å². The topological polar surface area (TPSA) is 29.1 Å². The van der Waals surface area contributed by atoms with Crippen LogP contribution in [0.5, 0.6) is 0 Å². The van der Waals surface area contributed by atoms with E-state index in [0.717, 1.165) is 0 Å². The fraction of sp³-hybridized carbons (Fsp3) is 0.0714. The van der Waals surface area contributed by atoms with Gasteiger partial charge in [-0.2, -0.15) is 0 Å². The maximum Gasteiger partial charge on any atom is 0.229 e. The normalized spacial score (nSPS) is 10.7. The summed E-state index contributed by atoms with van der Waals surface area (Å²) in [5.41, 5.74) is -1.09. The van der Waals surface area contributed by atoms with Crippen molar-refractivity contribution in [3.05, 3.63) is 62.3 Å². The van der Waals surface area contributed by atoms with Crippen molar-refractivity contribution in [1.29, 1.82) is 0 Å². The van der Waals surface area contributed by atoms with Crippen LogP contribution in [-0.4, -0.2) is 5.91 Å². The predicted octanol–water partition coefficient (Wildman–Crippen LogP) is 4.98. The lowest BCUT2D eigenvalue weighted by Crippen LogP contribution is -2.18. The van der Waals surface area contributed by atoms with E-state index in [0.29, 0.717) is 4.47 Å². The molecule has 23 heavy (non-hydrogen) atoms. The number of carbonyl (C=O) groups excluding carboxylic acids is 1. The van der Waals surface area contributed by atoms with Crippen LogP contribution < -0.4 is 5.32 Å². The van der Waals surface area contributed by atoms with Crippen LogP contribution in [0.3, 0.4) is 0 Å². The molecule has 2 nitrogen and oxygen atoms in total. The third-order valence-corrected chi connectivity index (χ3v) is 3.65. The van der Waals surface area contributed by atoms with E-state index >= 15 is 0 Å². The first-order valence-corrected chi connectivity index (χ1v) is 7.14. The standard InChI is InChI=1S/C14H6BrClF5NO/c15-5-1-2-8(7(16)3-5)22-9(23)4-6-10(17)12(19)14(21)13(20)11(6)18/h1-3H,4H2,(H,22,23). The highest BCUT2D eigenvalue weighted by Gasteiger charge is 2.26. The quantitative estimate of drug-likeness (QED) is 0.428. The molecule has 0 radical (unpaired) electrons. The second-order valence-corrected chi connectivity index (χ2v) is 5.72. The van der Waals surface area contributed by atoms with Crippen LogP contribution in [0, 0.1) is 29.1 Å². The molecule has 1 amide bonds. The van der Waals surface area contributed by atoms with Crippen LogP contribution in [0.1, 0.15) is 5.56 Å². The predicted molar refractivity (Wildman–Crippen MR) is 77.7 cm³/mol. The molecule has 0 saturated heterocycles. The molecule has 0 bridgehead atoms. The summed E-state index contributed by atoms with van der Waals surface area (Å²) in [6.45, 7) is 0. The summed E-state index contributed by atoms with van der Waals surface area (Å²) in [6, 6.07) is 4.40. The molecule has 0 aliphatic carbocycles. The van der Waals surface area contributed by atoms with E-state index in [1.807, 2.05) is 0 Å². The van der Waals surface area contributed by atoms with Crippen molar-refractivity contribution in [3.8, 4) is 0 Å². The van der Waals surface area contributed by atoms with E-state index < -0.39 is 47.0 Å². The first kappa shape index (κ1) is 17.7. The highest BCUT2D eigenvalue weighted by Crippen LogP contribution is 2.27. The van der Waals surface area contributed by atoms with Crippen LogP contribution in [0.25, 0.3) is 0 Å². The number of benzene rings is 2. The number of hydrogen-bond acceptors (Lipinski definition) is 1. The van der Waals surface area contributed by atoms with Gasteiger partial charge in [0.2, 0.25) is 11.7 Å². The molecule has 122 valence electrons. The van der Waals surface area contributed by atoms with Gasteiger partial charge in [0.05, 0.1) is 17.1 Å². The molecule has 0 aromatic heterocycles. The molecule has 2 aromatic rings. The molecular weight excluding hydrogens is 409 g/mol. The summed E-state index contributed by atoms with van der Waals surface area (Å²) in [7, 11) is 0. The first-order valence-electron chi connectivity index (χ1n) is 5.97. The molecule has 0 aliphatic heterocycles. The minimum Gasteiger partial charge on any atom is -0.324 e. The van der Waals surface area contributed by atoms with E-state index in [4.69, 9.17) is 11.6 Å². The first-order chi connectivity index (χ1) is 10.7. The van der Waals surface area contributed by atoms with Crippen molar-refractivity contribution >= 4 is 39.1 Å². The molecule has 0 unspecified atom stereocenters. The highest BCUT2D eigenvalue weighted by atomic mass is 79.9. The molecule has 0 fully saturated rings. The van der Waals surface area contributed by atoms with Gasteiger partial charge in [0, 0.05) is 10.0 Å². The Balaban J connectivity index is 2.27. The molecule has 2 aromatic carbocycles. The smallest absolute Gasteiger partial charge is 0.229 e. The van der Waals surface area contributed by atoms with Gasteiger partial charge in [-0.25, -0.2) is 22.0 Å². The number of halogens is 7. The van der Waals surface area contributed by atoms with Crippen LogP contribution in [0.4, 0.5) is 27.6 Å². The van der Waals surface area contributed by atoms with Gasteiger partial charge in [-0.3, -0.25) is 4.79 Å². The highest BCUT2D eigenvalue weighted by molar-refractivity contribution is 9.10.